The molecule has 0 spiro atoms. The molecule has 0 aromatic rings. The molecule has 0 aromatic carbocycles. The van der Waals surface area contributed by atoms with Gasteiger partial charge < -0.3 is 14.6 Å². The number of amides is 1. The molecule has 0 aliphatic heterocycles. The fraction of sp³-hybridized carbons (Fsp3) is 0.846. The molecule has 0 saturated heterocycles. The quantitative estimate of drug-likeness (QED) is 0.802. The van der Waals surface area contributed by atoms with E-state index in [1.54, 1.807) is 34.8 Å². The Morgan fingerprint density at radius 3 is 2.21 bits per heavy atom. The topological polar surface area (TPSA) is 76.1 Å². The minimum absolute atomic E-state index is 0.227. The zero-order valence-corrected chi connectivity index (χ0v) is 12.6. The number of carboxylic acid groups (broad SMARTS) is 1. The van der Waals surface area contributed by atoms with Crippen LogP contribution < -0.4 is 0 Å². The van der Waals surface area contributed by atoms with Gasteiger partial charge in [0.25, 0.3) is 0 Å². The summed E-state index contributed by atoms with van der Waals surface area (Å²) in [6, 6.07) is -0.926. The van der Waals surface area contributed by atoms with E-state index in [4.69, 9.17) is 9.47 Å². The van der Waals surface area contributed by atoms with Gasteiger partial charge >= 0.3 is 12.1 Å². The zero-order valence-electron chi connectivity index (χ0n) is 12.6. The fourth-order valence-electron chi connectivity index (χ4n) is 1.70. The van der Waals surface area contributed by atoms with Crippen LogP contribution in [0.3, 0.4) is 0 Å². The second-order valence-electron chi connectivity index (χ2n) is 5.63. The fourth-order valence-corrected chi connectivity index (χ4v) is 1.70. The number of carbonyl (C=O) groups excluding carboxylic acids is 1. The largest absolute Gasteiger partial charge is 0.480 e. The van der Waals surface area contributed by atoms with E-state index < -0.39 is 23.7 Å². The van der Waals surface area contributed by atoms with Gasteiger partial charge in [0.2, 0.25) is 0 Å². The third-order valence-corrected chi connectivity index (χ3v) is 2.67. The predicted molar refractivity (Wildman–Crippen MR) is 71.1 cm³/mol. The van der Waals surface area contributed by atoms with Gasteiger partial charge in [-0.2, -0.15) is 0 Å². The van der Waals surface area contributed by atoms with Crippen molar-refractivity contribution in [1.82, 2.24) is 4.90 Å². The number of carbonyl (C=O) groups is 2. The molecule has 6 heteroatoms. The van der Waals surface area contributed by atoms with Gasteiger partial charge in [0, 0.05) is 20.8 Å². The van der Waals surface area contributed by atoms with Crippen LogP contribution in [-0.2, 0) is 14.3 Å². The highest BCUT2D eigenvalue weighted by atomic mass is 16.6. The van der Waals surface area contributed by atoms with Gasteiger partial charge in [-0.15, -0.1) is 0 Å². The maximum atomic E-state index is 11.9. The number of ether oxygens (including phenoxy) is 2. The van der Waals surface area contributed by atoms with Crippen LogP contribution in [0.25, 0.3) is 0 Å². The van der Waals surface area contributed by atoms with Gasteiger partial charge in [-0.3, -0.25) is 4.90 Å². The standard InChI is InChI=1S/C13H25NO5/c1-9(7-8-18-6)10(11(15)16)14(5)12(17)19-13(2,3)4/h9-10H,7-8H2,1-6H3,(H,15,16)/t9-,10+/m1/s1. The van der Waals surface area contributed by atoms with Crippen LogP contribution in [-0.4, -0.2) is 54.5 Å². The summed E-state index contributed by atoms with van der Waals surface area (Å²) in [7, 11) is 3.00. The van der Waals surface area contributed by atoms with Crippen molar-refractivity contribution in [3.63, 3.8) is 0 Å². The number of aliphatic carboxylic acids is 1. The summed E-state index contributed by atoms with van der Waals surface area (Å²) in [5, 5.41) is 9.27. The summed E-state index contributed by atoms with van der Waals surface area (Å²) in [5.74, 6) is -1.27. The third kappa shape index (κ3) is 6.42. The molecule has 0 aromatic heterocycles. The molecule has 1 amide bonds. The Morgan fingerprint density at radius 1 is 1.32 bits per heavy atom. The summed E-state index contributed by atoms with van der Waals surface area (Å²) < 4.78 is 10.1. The Hall–Kier alpha value is -1.30. The second kappa shape index (κ2) is 7.33. The first kappa shape index (κ1) is 17.7. The van der Waals surface area contributed by atoms with Crippen molar-refractivity contribution in [3.05, 3.63) is 0 Å². The van der Waals surface area contributed by atoms with Gasteiger partial charge in [0.05, 0.1) is 0 Å². The van der Waals surface area contributed by atoms with Crippen molar-refractivity contribution in [1.29, 1.82) is 0 Å². The number of hydrogen-bond donors (Lipinski definition) is 1. The second-order valence-corrected chi connectivity index (χ2v) is 5.63. The predicted octanol–water partition coefficient (Wildman–Crippen LogP) is 1.98. The van der Waals surface area contributed by atoms with Crippen LogP contribution in [0.1, 0.15) is 34.1 Å². The van der Waals surface area contributed by atoms with Gasteiger partial charge in [-0.1, -0.05) is 6.92 Å². The van der Waals surface area contributed by atoms with E-state index >= 15 is 0 Å². The van der Waals surface area contributed by atoms with Crippen molar-refractivity contribution < 1.29 is 24.2 Å². The summed E-state index contributed by atoms with van der Waals surface area (Å²) in [5.41, 5.74) is -0.649. The molecule has 0 radical (unpaired) electrons. The number of nitrogens with zero attached hydrogens (tertiary/aromatic N) is 1. The molecule has 2 atom stereocenters. The average molecular weight is 275 g/mol. The van der Waals surface area contributed by atoms with E-state index in [0.29, 0.717) is 13.0 Å². The van der Waals surface area contributed by atoms with E-state index in [1.165, 1.54) is 7.05 Å². The lowest BCUT2D eigenvalue weighted by Gasteiger charge is -2.31. The number of likely N-dealkylation sites (N-methyl/N-ethyl adjacent to an activating group) is 1. The number of methoxy groups -OCH3 is 1. The molecule has 6 nitrogen and oxygen atoms in total. The molecule has 0 heterocycles. The lowest BCUT2D eigenvalue weighted by molar-refractivity contribution is -0.144. The molecule has 0 bridgehead atoms. The lowest BCUT2D eigenvalue weighted by atomic mass is 9.98. The summed E-state index contributed by atoms with van der Waals surface area (Å²) in [6.07, 6.45) is -0.0789. The number of hydrogen-bond acceptors (Lipinski definition) is 4. The van der Waals surface area contributed by atoms with Crippen LogP contribution in [0.15, 0.2) is 0 Å². The van der Waals surface area contributed by atoms with Crippen molar-refractivity contribution in [2.24, 2.45) is 5.92 Å². The molecular formula is C13H25NO5. The Morgan fingerprint density at radius 2 is 1.84 bits per heavy atom. The minimum Gasteiger partial charge on any atom is -0.480 e. The molecule has 112 valence electrons. The Kier molecular flexibility index (Phi) is 6.83. The van der Waals surface area contributed by atoms with Gasteiger partial charge in [-0.25, -0.2) is 9.59 Å². The molecule has 19 heavy (non-hydrogen) atoms. The first-order chi connectivity index (χ1) is 8.60. The van der Waals surface area contributed by atoms with Crippen LogP contribution in [0.5, 0.6) is 0 Å². The van der Waals surface area contributed by atoms with Gasteiger partial charge in [-0.05, 0) is 33.1 Å². The Bertz CT molecular complexity index is 311. The zero-order chi connectivity index (χ0) is 15.2. The first-order valence-corrected chi connectivity index (χ1v) is 6.27. The highest BCUT2D eigenvalue weighted by molar-refractivity contribution is 5.80. The molecule has 0 aliphatic rings. The third-order valence-electron chi connectivity index (χ3n) is 2.67. The minimum atomic E-state index is -1.04. The van der Waals surface area contributed by atoms with Gasteiger partial charge in [0.15, 0.2) is 0 Å². The molecule has 0 rings (SSSR count). The van der Waals surface area contributed by atoms with Crippen LogP contribution >= 0.6 is 0 Å². The smallest absolute Gasteiger partial charge is 0.410 e. The highest BCUT2D eigenvalue weighted by Crippen LogP contribution is 2.17. The number of rotatable bonds is 6. The van der Waals surface area contributed by atoms with Crippen molar-refractivity contribution in [2.75, 3.05) is 20.8 Å². The van der Waals surface area contributed by atoms with E-state index in [9.17, 15) is 14.7 Å². The normalized spacial score (nSPS) is 14.6. The van der Waals surface area contributed by atoms with Crippen molar-refractivity contribution in [3.8, 4) is 0 Å². The average Bonchev–Trinajstić information content (AvgIpc) is 2.23. The molecule has 0 saturated carbocycles. The van der Waals surface area contributed by atoms with Crippen molar-refractivity contribution in [2.45, 2.75) is 45.8 Å². The summed E-state index contributed by atoms with van der Waals surface area (Å²) in [4.78, 5) is 24.4. The molecule has 1 N–H and O–H groups in total. The SMILES string of the molecule is COCC[C@@H](C)[C@@H](C(=O)O)N(C)C(=O)OC(C)(C)C. The number of carboxylic acids is 1. The molecular weight excluding hydrogens is 250 g/mol. The highest BCUT2D eigenvalue weighted by Gasteiger charge is 2.33. The first-order valence-electron chi connectivity index (χ1n) is 6.27. The Labute approximate surface area is 114 Å². The molecule has 0 unspecified atom stereocenters. The lowest BCUT2D eigenvalue weighted by Crippen LogP contribution is -2.48. The van der Waals surface area contributed by atoms with Gasteiger partial charge in [0.1, 0.15) is 11.6 Å². The summed E-state index contributed by atoms with van der Waals surface area (Å²) >= 11 is 0. The van der Waals surface area contributed by atoms with E-state index in [-0.39, 0.29) is 5.92 Å². The van der Waals surface area contributed by atoms with E-state index in [0.717, 1.165) is 4.90 Å². The molecule has 0 aliphatic carbocycles. The maximum absolute atomic E-state index is 11.9. The van der Waals surface area contributed by atoms with E-state index in [2.05, 4.69) is 0 Å². The van der Waals surface area contributed by atoms with Crippen molar-refractivity contribution >= 4 is 12.1 Å². The Balaban J connectivity index is 4.79. The monoisotopic (exact) mass is 275 g/mol. The van der Waals surface area contributed by atoms with Crippen LogP contribution in [0.4, 0.5) is 4.79 Å². The van der Waals surface area contributed by atoms with E-state index in [1.807, 2.05) is 0 Å². The van der Waals surface area contributed by atoms with Crippen LogP contribution in [0, 0.1) is 5.92 Å². The van der Waals surface area contributed by atoms with Crippen LogP contribution in [0.2, 0.25) is 0 Å². The maximum Gasteiger partial charge on any atom is 0.410 e. The summed E-state index contributed by atoms with van der Waals surface area (Å²) in [6.45, 7) is 7.44. The molecule has 0 fully saturated rings.